The predicted molar refractivity (Wildman–Crippen MR) is 134 cm³/mol. The molecule has 0 bridgehead atoms. The highest BCUT2D eigenvalue weighted by molar-refractivity contribution is 5.69. The molecule has 4 heterocycles. The van der Waals surface area contributed by atoms with Crippen LogP contribution in [0.5, 0.6) is 5.75 Å². The second-order valence-corrected chi connectivity index (χ2v) is 9.44. The van der Waals surface area contributed by atoms with E-state index in [1.54, 1.807) is 0 Å². The van der Waals surface area contributed by atoms with E-state index in [4.69, 9.17) is 14.8 Å². The monoisotopic (exact) mass is 445 g/mol. The van der Waals surface area contributed by atoms with Crippen LogP contribution in [0.2, 0.25) is 0 Å². The Kier molecular flexibility index (Phi) is 6.00. The van der Waals surface area contributed by atoms with Crippen molar-refractivity contribution in [1.82, 2.24) is 19.5 Å². The standard InChI is InChI=1S/C27H35N5O/c1-5-15-33-25-11-10-19(2)16-22(25)21(4)31-14-7-6-9-24(31)23-18-27-28-26(30-12-8-13-30)17-20(3)32(27)29-23/h10-11,16-18,24H,4-9,12-15H2,1-3H3. The molecule has 1 aromatic carbocycles. The number of piperidine rings is 1. The maximum atomic E-state index is 6.09. The molecule has 1 atom stereocenters. The van der Waals surface area contributed by atoms with Crippen LogP contribution in [0.15, 0.2) is 36.9 Å². The molecule has 33 heavy (non-hydrogen) atoms. The third-order valence-electron chi connectivity index (χ3n) is 6.89. The number of aryl methyl sites for hydroxylation is 2. The molecular formula is C27H35N5O. The molecular weight excluding hydrogens is 410 g/mol. The maximum Gasteiger partial charge on any atom is 0.157 e. The first kappa shape index (κ1) is 21.8. The zero-order chi connectivity index (χ0) is 22.9. The molecule has 0 aliphatic carbocycles. The van der Waals surface area contributed by atoms with Gasteiger partial charge in [-0.2, -0.15) is 5.10 Å². The van der Waals surface area contributed by atoms with E-state index in [1.807, 2.05) is 4.52 Å². The van der Waals surface area contributed by atoms with E-state index in [2.05, 4.69) is 67.5 Å². The summed E-state index contributed by atoms with van der Waals surface area (Å²) in [5.74, 6) is 1.99. The van der Waals surface area contributed by atoms with Crippen molar-refractivity contribution in [2.45, 2.75) is 58.9 Å². The molecule has 174 valence electrons. The summed E-state index contributed by atoms with van der Waals surface area (Å²) in [6.45, 7) is 14.8. The van der Waals surface area contributed by atoms with Crippen LogP contribution < -0.4 is 9.64 Å². The van der Waals surface area contributed by atoms with E-state index in [1.165, 1.54) is 18.4 Å². The van der Waals surface area contributed by atoms with Crippen molar-refractivity contribution >= 4 is 17.2 Å². The van der Waals surface area contributed by atoms with Crippen LogP contribution in [0.1, 0.15) is 67.6 Å². The lowest BCUT2D eigenvalue weighted by Gasteiger charge is -2.38. The molecule has 6 nitrogen and oxygen atoms in total. The highest BCUT2D eigenvalue weighted by Gasteiger charge is 2.29. The Morgan fingerprint density at radius 2 is 1.94 bits per heavy atom. The summed E-state index contributed by atoms with van der Waals surface area (Å²) in [4.78, 5) is 9.70. The van der Waals surface area contributed by atoms with Crippen molar-refractivity contribution in [2.24, 2.45) is 0 Å². The second-order valence-electron chi connectivity index (χ2n) is 9.44. The molecule has 0 saturated carbocycles. The highest BCUT2D eigenvalue weighted by atomic mass is 16.5. The molecule has 2 saturated heterocycles. The predicted octanol–water partition coefficient (Wildman–Crippen LogP) is 5.54. The fourth-order valence-electron chi connectivity index (χ4n) is 4.92. The number of benzene rings is 1. The summed E-state index contributed by atoms with van der Waals surface area (Å²) >= 11 is 0. The van der Waals surface area contributed by atoms with Gasteiger partial charge in [0.05, 0.1) is 18.3 Å². The van der Waals surface area contributed by atoms with Crippen molar-refractivity contribution in [3.05, 3.63) is 59.4 Å². The largest absolute Gasteiger partial charge is 0.493 e. The number of anilines is 1. The summed E-state index contributed by atoms with van der Waals surface area (Å²) < 4.78 is 8.08. The number of fused-ring (bicyclic) bond motifs is 1. The quantitative estimate of drug-likeness (QED) is 0.478. The van der Waals surface area contributed by atoms with Crippen LogP contribution in [0, 0.1) is 13.8 Å². The molecule has 2 aliphatic rings. The van der Waals surface area contributed by atoms with Crippen molar-refractivity contribution in [2.75, 3.05) is 31.1 Å². The van der Waals surface area contributed by atoms with Gasteiger partial charge in [0.15, 0.2) is 5.65 Å². The number of aromatic nitrogens is 3. The minimum absolute atomic E-state index is 0.194. The number of nitrogens with zero attached hydrogens (tertiary/aromatic N) is 5. The SMILES string of the molecule is C=C(c1cc(C)ccc1OCCC)N1CCCCC1c1cc2nc(N3CCC3)cc(C)n2n1. The second kappa shape index (κ2) is 9.08. The smallest absolute Gasteiger partial charge is 0.157 e. The van der Waals surface area contributed by atoms with Crippen molar-refractivity contribution in [3.63, 3.8) is 0 Å². The van der Waals surface area contributed by atoms with Crippen LogP contribution >= 0.6 is 0 Å². The molecule has 0 radical (unpaired) electrons. The number of hydrogen-bond acceptors (Lipinski definition) is 5. The summed E-state index contributed by atoms with van der Waals surface area (Å²) in [6.07, 6.45) is 5.66. The molecule has 6 heteroatoms. The van der Waals surface area contributed by atoms with Gasteiger partial charge in [0, 0.05) is 48.7 Å². The first-order valence-corrected chi connectivity index (χ1v) is 12.4. The number of rotatable bonds is 7. The van der Waals surface area contributed by atoms with Gasteiger partial charge in [-0.25, -0.2) is 9.50 Å². The van der Waals surface area contributed by atoms with Gasteiger partial charge in [0.25, 0.3) is 0 Å². The van der Waals surface area contributed by atoms with E-state index >= 15 is 0 Å². The molecule has 2 aliphatic heterocycles. The zero-order valence-electron chi connectivity index (χ0n) is 20.2. The molecule has 0 spiro atoms. The minimum Gasteiger partial charge on any atom is -0.493 e. The lowest BCUT2D eigenvalue weighted by Crippen LogP contribution is -2.37. The first-order chi connectivity index (χ1) is 16.0. The topological polar surface area (TPSA) is 45.9 Å². The van der Waals surface area contributed by atoms with Gasteiger partial charge in [-0.15, -0.1) is 0 Å². The lowest BCUT2D eigenvalue weighted by atomic mass is 9.96. The average Bonchev–Trinajstić information content (AvgIpc) is 3.21. The van der Waals surface area contributed by atoms with Crippen molar-refractivity contribution in [1.29, 1.82) is 0 Å². The number of ether oxygens (including phenoxy) is 1. The Morgan fingerprint density at radius 3 is 2.70 bits per heavy atom. The summed E-state index contributed by atoms with van der Waals surface area (Å²) in [7, 11) is 0. The van der Waals surface area contributed by atoms with Crippen LogP contribution in [-0.4, -0.2) is 45.7 Å². The van der Waals surface area contributed by atoms with Crippen LogP contribution in [0.25, 0.3) is 11.3 Å². The normalized spacial score (nSPS) is 18.5. The Hall–Kier alpha value is -3.02. The van der Waals surface area contributed by atoms with E-state index in [9.17, 15) is 0 Å². The molecule has 1 unspecified atom stereocenters. The van der Waals surface area contributed by atoms with E-state index in [-0.39, 0.29) is 6.04 Å². The van der Waals surface area contributed by atoms with Gasteiger partial charge in [0.2, 0.25) is 0 Å². The van der Waals surface area contributed by atoms with Crippen molar-refractivity contribution < 1.29 is 4.74 Å². The van der Waals surface area contributed by atoms with Gasteiger partial charge in [-0.05, 0) is 58.1 Å². The van der Waals surface area contributed by atoms with E-state index in [0.717, 1.165) is 78.8 Å². The summed E-state index contributed by atoms with van der Waals surface area (Å²) in [6, 6.07) is 10.9. The number of hydrogen-bond donors (Lipinski definition) is 0. The van der Waals surface area contributed by atoms with Gasteiger partial charge in [-0.3, -0.25) is 0 Å². The van der Waals surface area contributed by atoms with Crippen LogP contribution in [0.4, 0.5) is 5.82 Å². The van der Waals surface area contributed by atoms with Gasteiger partial charge in [0.1, 0.15) is 11.6 Å². The Morgan fingerprint density at radius 1 is 1.09 bits per heavy atom. The molecule has 2 fully saturated rings. The first-order valence-electron chi connectivity index (χ1n) is 12.4. The van der Waals surface area contributed by atoms with Gasteiger partial charge in [-0.1, -0.05) is 25.1 Å². The zero-order valence-corrected chi connectivity index (χ0v) is 20.2. The molecule has 0 N–H and O–H groups in total. The fourth-order valence-corrected chi connectivity index (χ4v) is 4.92. The summed E-state index contributed by atoms with van der Waals surface area (Å²) in [5.41, 5.74) is 6.48. The minimum atomic E-state index is 0.194. The molecule has 3 aromatic rings. The van der Waals surface area contributed by atoms with Gasteiger partial charge < -0.3 is 14.5 Å². The molecule has 5 rings (SSSR count). The average molecular weight is 446 g/mol. The van der Waals surface area contributed by atoms with Crippen LogP contribution in [0.3, 0.4) is 0 Å². The third-order valence-corrected chi connectivity index (χ3v) is 6.89. The Balaban J connectivity index is 1.48. The third kappa shape index (κ3) is 4.19. The summed E-state index contributed by atoms with van der Waals surface area (Å²) in [5, 5.41) is 5.02. The molecule has 0 amide bonds. The molecule has 2 aromatic heterocycles. The van der Waals surface area contributed by atoms with E-state index in [0.29, 0.717) is 6.61 Å². The Bertz CT molecular complexity index is 1160. The van der Waals surface area contributed by atoms with Crippen molar-refractivity contribution in [3.8, 4) is 5.75 Å². The van der Waals surface area contributed by atoms with Gasteiger partial charge >= 0.3 is 0 Å². The maximum absolute atomic E-state index is 6.09. The lowest BCUT2D eigenvalue weighted by molar-refractivity contribution is 0.225. The number of likely N-dealkylation sites (tertiary alicyclic amines) is 1. The van der Waals surface area contributed by atoms with Crippen LogP contribution in [-0.2, 0) is 0 Å². The highest BCUT2D eigenvalue weighted by Crippen LogP contribution is 2.39. The fraction of sp³-hybridized carbons (Fsp3) is 0.481. The van der Waals surface area contributed by atoms with E-state index < -0.39 is 0 Å². The Labute approximate surface area is 196 Å².